The SMILES string of the molecule is CCc1ccc(NC(=O)N2CCCN(c3nc(Cc4ccccc4)ns3)CC2)cc1. The van der Waals surface area contributed by atoms with Gasteiger partial charge in [0.25, 0.3) is 0 Å². The number of aryl methyl sites for hydroxylation is 1. The van der Waals surface area contributed by atoms with Gasteiger partial charge in [0.1, 0.15) is 5.82 Å². The fourth-order valence-electron chi connectivity index (χ4n) is 3.56. The third-order valence-electron chi connectivity index (χ3n) is 5.33. The van der Waals surface area contributed by atoms with Crippen LogP contribution in [0.1, 0.15) is 30.3 Å². The summed E-state index contributed by atoms with van der Waals surface area (Å²) in [5.74, 6) is 0.857. The minimum atomic E-state index is -0.0388. The van der Waals surface area contributed by atoms with E-state index in [2.05, 4.69) is 45.8 Å². The highest BCUT2D eigenvalue weighted by Crippen LogP contribution is 2.21. The predicted octanol–water partition coefficient (Wildman–Crippen LogP) is 4.44. The maximum atomic E-state index is 12.7. The summed E-state index contributed by atoms with van der Waals surface area (Å²) in [6, 6.07) is 18.3. The highest BCUT2D eigenvalue weighted by molar-refractivity contribution is 7.09. The Morgan fingerprint density at radius 3 is 2.57 bits per heavy atom. The molecule has 6 nitrogen and oxygen atoms in total. The summed E-state index contributed by atoms with van der Waals surface area (Å²) in [6.07, 6.45) is 2.65. The van der Waals surface area contributed by atoms with Crippen LogP contribution in [0.3, 0.4) is 0 Å². The van der Waals surface area contributed by atoms with Gasteiger partial charge in [-0.25, -0.2) is 9.78 Å². The van der Waals surface area contributed by atoms with Crippen molar-refractivity contribution in [2.45, 2.75) is 26.2 Å². The van der Waals surface area contributed by atoms with Crippen molar-refractivity contribution in [2.75, 3.05) is 36.4 Å². The second-order valence-corrected chi connectivity index (χ2v) is 8.19. The smallest absolute Gasteiger partial charge is 0.321 e. The maximum Gasteiger partial charge on any atom is 0.321 e. The minimum Gasteiger partial charge on any atom is -0.345 e. The summed E-state index contributed by atoms with van der Waals surface area (Å²) in [4.78, 5) is 21.6. The van der Waals surface area contributed by atoms with E-state index in [1.807, 2.05) is 35.2 Å². The minimum absolute atomic E-state index is 0.0388. The summed E-state index contributed by atoms with van der Waals surface area (Å²) in [6.45, 7) is 5.19. The zero-order valence-corrected chi connectivity index (χ0v) is 18.1. The van der Waals surface area contributed by atoms with Crippen LogP contribution in [0.15, 0.2) is 54.6 Å². The number of hydrogen-bond acceptors (Lipinski definition) is 5. The van der Waals surface area contributed by atoms with Gasteiger partial charge in [-0.2, -0.15) is 4.37 Å². The van der Waals surface area contributed by atoms with Gasteiger partial charge < -0.3 is 15.1 Å². The lowest BCUT2D eigenvalue weighted by Gasteiger charge is -2.22. The van der Waals surface area contributed by atoms with Crippen LogP contribution in [0.4, 0.5) is 15.6 Å². The van der Waals surface area contributed by atoms with Crippen LogP contribution >= 0.6 is 11.5 Å². The molecule has 2 heterocycles. The molecule has 0 unspecified atom stereocenters. The van der Waals surface area contributed by atoms with Gasteiger partial charge in [-0.3, -0.25) is 0 Å². The van der Waals surface area contributed by atoms with Crippen molar-refractivity contribution in [3.63, 3.8) is 0 Å². The molecule has 1 aliphatic rings. The van der Waals surface area contributed by atoms with E-state index in [9.17, 15) is 4.79 Å². The van der Waals surface area contributed by atoms with Crippen molar-refractivity contribution >= 4 is 28.4 Å². The van der Waals surface area contributed by atoms with Gasteiger partial charge >= 0.3 is 6.03 Å². The molecule has 1 fully saturated rings. The first kappa shape index (κ1) is 20.3. The molecule has 1 N–H and O–H groups in total. The number of benzene rings is 2. The van der Waals surface area contributed by atoms with Crippen molar-refractivity contribution in [3.8, 4) is 0 Å². The number of nitrogens with zero attached hydrogens (tertiary/aromatic N) is 4. The van der Waals surface area contributed by atoms with Gasteiger partial charge in [-0.1, -0.05) is 49.4 Å². The van der Waals surface area contributed by atoms with Crippen molar-refractivity contribution in [1.82, 2.24) is 14.3 Å². The molecule has 7 heteroatoms. The van der Waals surface area contributed by atoms with E-state index in [4.69, 9.17) is 4.98 Å². The number of carbonyl (C=O) groups is 1. The second kappa shape index (κ2) is 9.71. The fourth-order valence-corrected chi connectivity index (χ4v) is 4.30. The normalized spacial score (nSPS) is 14.4. The van der Waals surface area contributed by atoms with Gasteiger partial charge in [0.15, 0.2) is 0 Å². The molecule has 2 aromatic carbocycles. The van der Waals surface area contributed by atoms with Crippen LogP contribution in [0.2, 0.25) is 0 Å². The highest BCUT2D eigenvalue weighted by atomic mass is 32.1. The number of carbonyl (C=O) groups excluding carboxylic acids is 1. The van der Waals surface area contributed by atoms with Crippen molar-refractivity contribution in [3.05, 3.63) is 71.5 Å². The van der Waals surface area contributed by atoms with E-state index in [1.54, 1.807) is 0 Å². The number of nitrogens with one attached hydrogen (secondary N) is 1. The molecule has 4 rings (SSSR count). The molecular formula is C23H27N5OS. The van der Waals surface area contributed by atoms with Gasteiger partial charge in [-0.05, 0) is 36.1 Å². The maximum absolute atomic E-state index is 12.7. The zero-order valence-electron chi connectivity index (χ0n) is 17.3. The summed E-state index contributed by atoms with van der Waals surface area (Å²) in [7, 11) is 0. The largest absolute Gasteiger partial charge is 0.345 e. The summed E-state index contributed by atoms with van der Waals surface area (Å²) in [5.41, 5.74) is 3.32. The monoisotopic (exact) mass is 421 g/mol. The average molecular weight is 422 g/mol. The molecule has 1 aromatic heterocycles. The van der Waals surface area contributed by atoms with Crippen LogP contribution in [0.25, 0.3) is 0 Å². The quantitative estimate of drug-likeness (QED) is 0.662. The highest BCUT2D eigenvalue weighted by Gasteiger charge is 2.21. The third kappa shape index (κ3) is 5.16. The molecule has 0 aliphatic carbocycles. The molecule has 3 aromatic rings. The van der Waals surface area contributed by atoms with Gasteiger partial charge in [0.2, 0.25) is 5.13 Å². The Hall–Kier alpha value is -2.93. The van der Waals surface area contributed by atoms with Crippen molar-refractivity contribution in [1.29, 1.82) is 0 Å². The van der Waals surface area contributed by atoms with Gasteiger partial charge in [-0.15, -0.1) is 0 Å². The lowest BCUT2D eigenvalue weighted by atomic mass is 10.1. The first-order chi connectivity index (χ1) is 14.7. The Balaban J connectivity index is 1.33. The van der Waals surface area contributed by atoms with E-state index in [0.29, 0.717) is 6.54 Å². The second-order valence-electron chi connectivity index (χ2n) is 7.46. The van der Waals surface area contributed by atoms with E-state index < -0.39 is 0 Å². The lowest BCUT2D eigenvalue weighted by molar-refractivity contribution is 0.215. The van der Waals surface area contributed by atoms with Gasteiger partial charge in [0, 0.05) is 49.8 Å². The molecule has 0 atom stereocenters. The van der Waals surface area contributed by atoms with Crippen LogP contribution in [-0.2, 0) is 12.8 Å². The van der Waals surface area contributed by atoms with E-state index in [0.717, 1.165) is 55.5 Å². The average Bonchev–Trinajstić information content (AvgIpc) is 3.09. The molecule has 0 saturated carbocycles. The number of urea groups is 1. The molecule has 30 heavy (non-hydrogen) atoms. The van der Waals surface area contributed by atoms with Crippen molar-refractivity contribution < 1.29 is 4.79 Å². The Kier molecular flexibility index (Phi) is 6.59. The predicted molar refractivity (Wildman–Crippen MR) is 122 cm³/mol. The van der Waals surface area contributed by atoms with Crippen LogP contribution in [-0.4, -0.2) is 46.5 Å². The number of anilines is 2. The Morgan fingerprint density at radius 1 is 1.00 bits per heavy atom. The van der Waals surface area contributed by atoms with Crippen molar-refractivity contribution in [2.24, 2.45) is 0 Å². The number of amides is 2. The summed E-state index contributed by atoms with van der Waals surface area (Å²) < 4.78 is 4.54. The van der Waals surface area contributed by atoms with Crippen LogP contribution in [0.5, 0.6) is 0 Å². The Labute approximate surface area is 181 Å². The van der Waals surface area contributed by atoms with Crippen LogP contribution < -0.4 is 10.2 Å². The summed E-state index contributed by atoms with van der Waals surface area (Å²) in [5, 5.41) is 3.96. The number of hydrogen-bond donors (Lipinski definition) is 1. The molecule has 2 amide bonds. The Bertz CT molecular complexity index is 957. The van der Waals surface area contributed by atoms with E-state index in [1.165, 1.54) is 22.7 Å². The molecule has 1 saturated heterocycles. The lowest BCUT2D eigenvalue weighted by Crippen LogP contribution is -2.38. The molecular weight excluding hydrogens is 394 g/mol. The molecule has 0 spiro atoms. The Morgan fingerprint density at radius 2 is 1.80 bits per heavy atom. The molecule has 1 aliphatic heterocycles. The first-order valence-corrected chi connectivity index (χ1v) is 11.2. The third-order valence-corrected chi connectivity index (χ3v) is 6.14. The molecule has 156 valence electrons. The molecule has 0 radical (unpaired) electrons. The number of rotatable bonds is 5. The first-order valence-electron chi connectivity index (χ1n) is 10.5. The van der Waals surface area contributed by atoms with E-state index in [-0.39, 0.29) is 6.03 Å². The standard InChI is InChI=1S/C23H27N5OS/c1-2-18-9-11-20(12-10-18)24-22(29)27-13-6-14-28(16-15-27)23-25-21(26-30-23)17-19-7-4-3-5-8-19/h3-5,7-12H,2,6,13-17H2,1H3,(H,24,29). The van der Waals surface area contributed by atoms with Gasteiger partial charge in [0.05, 0.1) is 0 Å². The zero-order chi connectivity index (χ0) is 20.8. The number of aromatic nitrogens is 2. The van der Waals surface area contributed by atoms with E-state index >= 15 is 0 Å². The molecule has 0 bridgehead atoms. The summed E-state index contributed by atoms with van der Waals surface area (Å²) >= 11 is 1.45. The topological polar surface area (TPSA) is 61.4 Å². The fraction of sp³-hybridized carbons (Fsp3) is 0.348. The van der Waals surface area contributed by atoms with Crippen LogP contribution in [0, 0.1) is 0 Å².